The fraction of sp³-hybridized carbons (Fsp3) is 0.522. The first-order chi connectivity index (χ1) is 12.9. The zero-order valence-corrected chi connectivity index (χ0v) is 15.8. The minimum Gasteiger partial charge on any atom is -0.295 e. The normalized spacial score (nSPS) is 21.5. The maximum Gasteiger partial charge on any atom is 0.0543 e. The monoisotopic (exact) mass is 349 g/mol. The van der Waals surface area contributed by atoms with E-state index in [1.165, 1.54) is 56.5 Å². The van der Waals surface area contributed by atoms with Crippen molar-refractivity contribution in [1.29, 1.82) is 0 Å². The standard InChI is InChI=1S/C23H31N3/c1-3-9-20(10-4-1)23(21-11-5-2-6-12-21)26-17-15-25(16-18-26)19-22-13-7-8-14-24-22/h1,3-4,7-10,13-14,21,23H,2,5-6,11-12,15-19H2. The number of hydrogen-bond acceptors (Lipinski definition) is 3. The lowest BCUT2D eigenvalue weighted by molar-refractivity contribution is 0.0543. The van der Waals surface area contributed by atoms with E-state index < -0.39 is 0 Å². The van der Waals surface area contributed by atoms with Gasteiger partial charge < -0.3 is 0 Å². The van der Waals surface area contributed by atoms with Crippen molar-refractivity contribution in [2.45, 2.75) is 44.7 Å². The van der Waals surface area contributed by atoms with Crippen LogP contribution in [-0.4, -0.2) is 41.0 Å². The van der Waals surface area contributed by atoms with Crippen LogP contribution in [0.5, 0.6) is 0 Å². The quantitative estimate of drug-likeness (QED) is 0.791. The van der Waals surface area contributed by atoms with Crippen molar-refractivity contribution in [3.63, 3.8) is 0 Å². The molecule has 2 fully saturated rings. The molecule has 1 unspecified atom stereocenters. The summed E-state index contributed by atoms with van der Waals surface area (Å²) in [6.07, 6.45) is 8.94. The summed E-state index contributed by atoms with van der Waals surface area (Å²) in [6, 6.07) is 18.1. The Morgan fingerprint density at radius 3 is 2.27 bits per heavy atom. The van der Waals surface area contributed by atoms with E-state index in [1.807, 2.05) is 12.3 Å². The molecule has 4 rings (SSSR count). The van der Waals surface area contributed by atoms with Crippen LogP contribution in [0.3, 0.4) is 0 Å². The van der Waals surface area contributed by atoms with Gasteiger partial charge in [-0.25, -0.2) is 0 Å². The molecule has 0 spiro atoms. The van der Waals surface area contributed by atoms with Gasteiger partial charge in [0.2, 0.25) is 0 Å². The van der Waals surface area contributed by atoms with Gasteiger partial charge in [-0.3, -0.25) is 14.8 Å². The molecule has 1 aliphatic carbocycles. The molecule has 3 heteroatoms. The highest BCUT2D eigenvalue weighted by Gasteiger charge is 2.32. The van der Waals surface area contributed by atoms with Crippen molar-refractivity contribution in [1.82, 2.24) is 14.8 Å². The number of aromatic nitrogens is 1. The zero-order valence-electron chi connectivity index (χ0n) is 15.8. The van der Waals surface area contributed by atoms with E-state index in [2.05, 4.69) is 57.2 Å². The topological polar surface area (TPSA) is 19.4 Å². The van der Waals surface area contributed by atoms with Crippen LogP contribution in [0, 0.1) is 5.92 Å². The molecule has 0 bridgehead atoms. The maximum absolute atomic E-state index is 4.49. The van der Waals surface area contributed by atoms with E-state index in [0.29, 0.717) is 6.04 Å². The number of piperazine rings is 1. The molecule has 1 aromatic carbocycles. The first-order valence-electron chi connectivity index (χ1n) is 10.3. The maximum atomic E-state index is 4.49. The Kier molecular flexibility index (Phi) is 5.98. The highest BCUT2D eigenvalue weighted by Crippen LogP contribution is 2.38. The van der Waals surface area contributed by atoms with E-state index in [4.69, 9.17) is 0 Å². The SMILES string of the molecule is c1ccc(C(C2CCCCC2)N2CCN(Cc3ccccn3)CC2)cc1. The van der Waals surface area contributed by atoms with Crippen LogP contribution in [0.2, 0.25) is 0 Å². The minimum atomic E-state index is 0.605. The van der Waals surface area contributed by atoms with Crippen molar-refractivity contribution in [2.75, 3.05) is 26.2 Å². The van der Waals surface area contributed by atoms with Crippen molar-refractivity contribution in [3.8, 4) is 0 Å². The minimum absolute atomic E-state index is 0.605. The Labute approximate surface area is 158 Å². The molecule has 3 nitrogen and oxygen atoms in total. The van der Waals surface area contributed by atoms with Crippen LogP contribution in [0.1, 0.15) is 49.4 Å². The molecule has 1 saturated heterocycles. The van der Waals surface area contributed by atoms with Gasteiger partial charge in [0.15, 0.2) is 0 Å². The second-order valence-electron chi connectivity index (χ2n) is 7.89. The Balaban J connectivity index is 1.42. The Morgan fingerprint density at radius 2 is 1.58 bits per heavy atom. The summed E-state index contributed by atoms with van der Waals surface area (Å²) in [4.78, 5) is 9.81. The number of pyridine rings is 1. The van der Waals surface area contributed by atoms with Gasteiger partial charge in [-0.1, -0.05) is 55.7 Å². The van der Waals surface area contributed by atoms with E-state index in [-0.39, 0.29) is 0 Å². The molecule has 2 aliphatic rings. The first kappa shape index (κ1) is 17.7. The van der Waals surface area contributed by atoms with Gasteiger partial charge in [-0.2, -0.15) is 0 Å². The van der Waals surface area contributed by atoms with Crippen LogP contribution in [0.15, 0.2) is 54.7 Å². The van der Waals surface area contributed by atoms with Gasteiger partial charge in [-0.15, -0.1) is 0 Å². The smallest absolute Gasteiger partial charge is 0.0543 e. The Hall–Kier alpha value is -1.71. The van der Waals surface area contributed by atoms with E-state index >= 15 is 0 Å². The molecule has 0 radical (unpaired) electrons. The van der Waals surface area contributed by atoms with Crippen LogP contribution in [-0.2, 0) is 6.54 Å². The van der Waals surface area contributed by atoms with E-state index in [0.717, 1.165) is 25.6 Å². The van der Waals surface area contributed by atoms with Crippen LogP contribution < -0.4 is 0 Å². The van der Waals surface area contributed by atoms with Gasteiger partial charge in [0, 0.05) is 45.0 Å². The molecule has 1 aromatic heterocycles. The fourth-order valence-electron chi connectivity index (χ4n) is 4.80. The fourth-order valence-corrected chi connectivity index (χ4v) is 4.80. The second kappa shape index (κ2) is 8.79. The number of hydrogen-bond donors (Lipinski definition) is 0. The molecule has 138 valence electrons. The third-order valence-electron chi connectivity index (χ3n) is 6.15. The van der Waals surface area contributed by atoms with Gasteiger partial charge in [0.1, 0.15) is 0 Å². The lowest BCUT2D eigenvalue weighted by Crippen LogP contribution is -2.48. The molecule has 2 aromatic rings. The van der Waals surface area contributed by atoms with Crippen molar-refractivity contribution < 1.29 is 0 Å². The number of nitrogens with zero attached hydrogens (tertiary/aromatic N) is 3. The van der Waals surface area contributed by atoms with Crippen LogP contribution >= 0.6 is 0 Å². The summed E-state index contributed by atoms with van der Waals surface area (Å²) in [6.45, 7) is 5.61. The first-order valence-corrected chi connectivity index (χ1v) is 10.3. The van der Waals surface area contributed by atoms with Crippen molar-refractivity contribution in [2.24, 2.45) is 5.92 Å². The molecule has 2 heterocycles. The summed E-state index contributed by atoms with van der Waals surface area (Å²) >= 11 is 0. The number of benzene rings is 1. The van der Waals surface area contributed by atoms with Gasteiger partial charge in [0.25, 0.3) is 0 Å². The molecular formula is C23H31N3. The summed E-state index contributed by atoms with van der Waals surface area (Å²) in [7, 11) is 0. The van der Waals surface area contributed by atoms with Gasteiger partial charge in [-0.05, 0) is 36.5 Å². The lowest BCUT2D eigenvalue weighted by Gasteiger charge is -2.43. The van der Waals surface area contributed by atoms with E-state index in [1.54, 1.807) is 0 Å². The van der Waals surface area contributed by atoms with Crippen LogP contribution in [0.4, 0.5) is 0 Å². The second-order valence-corrected chi connectivity index (χ2v) is 7.89. The highest BCUT2D eigenvalue weighted by molar-refractivity contribution is 5.20. The molecule has 1 saturated carbocycles. The molecule has 1 aliphatic heterocycles. The molecule has 0 amide bonds. The van der Waals surface area contributed by atoms with Crippen LogP contribution in [0.25, 0.3) is 0 Å². The zero-order chi connectivity index (χ0) is 17.6. The average Bonchev–Trinajstić information content (AvgIpc) is 2.72. The highest BCUT2D eigenvalue weighted by atomic mass is 15.3. The molecule has 0 N–H and O–H groups in total. The van der Waals surface area contributed by atoms with E-state index in [9.17, 15) is 0 Å². The molecule has 1 atom stereocenters. The third-order valence-corrected chi connectivity index (χ3v) is 6.15. The number of rotatable bonds is 5. The van der Waals surface area contributed by atoms with Crippen molar-refractivity contribution in [3.05, 3.63) is 66.0 Å². The molecular weight excluding hydrogens is 318 g/mol. The Bertz CT molecular complexity index is 644. The predicted molar refractivity (Wildman–Crippen MR) is 107 cm³/mol. The third kappa shape index (κ3) is 4.33. The Morgan fingerprint density at radius 1 is 0.846 bits per heavy atom. The largest absolute Gasteiger partial charge is 0.295 e. The predicted octanol–water partition coefficient (Wildman–Crippen LogP) is 4.52. The lowest BCUT2D eigenvalue weighted by atomic mass is 9.80. The van der Waals surface area contributed by atoms with Gasteiger partial charge in [0.05, 0.1) is 5.69 Å². The summed E-state index contributed by atoms with van der Waals surface area (Å²) in [5, 5.41) is 0. The van der Waals surface area contributed by atoms with Gasteiger partial charge >= 0.3 is 0 Å². The summed E-state index contributed by atoms with van der Waals surface area (Å²) in [5.41, 5.74) is 2.71. The summed E-state index contributed by atoms with van der Waals surface area (Å²) < 4.78 is 0. The molecule has 26 heavy (non-hydrogen) atoms. The average molecular weight is 350 g/mol. The summed E-state index contributed by atoms with van der Waals surface area (Å²) in [5.74, 6) is 0.827. The van der Waals surface area contributed by atoms with Crippen molar-refractivity contribution >= 4 is 0 Å².